The lowest BCUT2D eigenvalue weighted by Gasteiger charge is -2.15. The van der Waals surface area contributed by atoms with E-state index in [0.29, 0.717) is 13.0 Å². The number of likely N-dealkylation sites (tertiary alicyclic amines) is 1. The van der Waals surface area contributed by atoms with Crippen molar-refractivity contribution in [2.75, 3.05) is 27.2 Å². The van der Waals surface area contributed by atoms with E-state index in [9.17, 15) is 9.59 Å². The Morgan fingerprint density at radius 1 is 1.42 bits per heavy atom. The van der Waals surface area contributed by atoms with Gasteiger partial charge in [-0.25, -0.2) is 0 Å². The molecule has 1 fully saturated rings. The zero-order chi connectivity index (χ0) is 13.8. The quantitative estimate of drug-likeness (QED) is 0.871. The summed E-state index contributed by atoms with van der Waals surface area (Å²) < 4.78 is 5.11. The monoisotopic (exact) mass is 262 g/mol. The Kier molecular flexibility index (Phi) is 4.04. The van der Waals surface area contributed by atoms with Crippen molar-refractivity contribution in [2.24, 2.45) is 0 Å². The van der Waals surface area contributed by atoms with Crippen LogP contribution < -0.4 is 10.1 Å². The molecule has 2 amide bonds. The molecule has 5 nitrogen and oxygen atoms in total. The van der Waals surface area contributed by atoms with E-state index in [-0.39, 0.29) is 24.3 Å². The second kappa shape index (κ2) is 5.73. The van der Waals surface area contributed by atoms with Crippen LogP contribution in [0.4, 0.5) is 0 Å². The van der Waals surface area contributed by atoms with Crippen LogP contribution in [-0.2, 0) is 9.59 Å². The summed E-state index contributed by atoms with van der Waals surface area (Å²) in [6.07, 6.45) is 0.462. The summed E-state index contributed by atoms with van der Waals surface area (Å²) in [6.45, 7) is 0.737. The van der Waals surface area contributed by atoms with Crippen molar-refractivity contribution in [3.05, 3.63) is 29.8 Å². The molecule has 0 radical (unpaired) electrons. The Morgan fingerprint density at radius 2 is 2.11 bits per heavy atom. The largest absolute Gasteiger partial charge is 0.497 e. The van der Waals surface area contributed by atoms with Crippen molar-refractivity contribution in [1.29, 1.82) is 0 Å². The third-order valence-electron chi connectivity index (χ3n) is 3.42. The van der Waals surface area contributed by atoms with Gasteiger partial charge in [-0.2, -0.15) is 0 Å². The molecule has 1 aliphatic rings. The first-order valence-electron chi connectivity index (χ1n) is 6.26. The van der Waals surface area contributed by atoms with Crippen molar-refractivity contribution in [3.63, 3.8) is 0 Å². The smallest absolute Gasteiger partial charge is 0.239 e. The molecule has 1 aliphatic heterocycles. The van der Waals surface area contributed by atoms with Crippen LogP contribution in [0.3, 0.4) is 0 Å². The normalized spacial score (nSPS) is 18.5. The highest BCUT2D eigenvalue weighted by molar-refractivity contribution is 5.86. The second-order valence-electron chi connectivity index (χ2n) is 4.62. The van der Waals surface area contributed by atoms with E-state index in [1.54, 1.807) is 19.1 Å². The first kappa shape index (κ1) is 13.4. The molecular formula is C14H18N2O3. The van der Waals surface area contributed by atoms with E-state index >= 15 is 0 Å². The Bertz CT molecular complexity index is 470. The maximum atomic E-state index is 11.9. The van der Waals surface area contributed by atoms with Gasteiger partial charge >= 0.3 is 0 Å². The van der Waals surface area contributed by atoms with Crippen LogP contribution in [-0.4, -0.2) is 44.0 Å². The number of likely N-dealkylation sites (N-methyl/N-ethyl adjacent to an activating group) is 1. The third-order valence-corrected chi connectivity index (χ3v) is 3.42. The molecule has 1 atom stereocenters. The summed E-state index contributed by atoms with van der Waals surface area (Å²) in [6, 6.07) is 7.72. The minimum atomic E-state index is -0.135. The number of carbonyl (C=O) groups is 2. The lowest BCUT2D eigenvalue weighted by molar-refractivity contribution is -0.132. The number of rotatable bonds is 4. The lowest BCUT2D eigenvalue weighted by atomic mass is 9.98. The summed E-state index contributed by atoms with van der Waals surface area (Å²) in [5.74, 6) is 0.853. The van der Waals surface area contributed by atoms with Gasteiger partial charge in [-0.3, -0.25) is 9.59 Å². The van der Waals surface area contributed by atoms with Gasteiger partial charge in [-0.15, -0.1) is 0 Å². The number of ether oxygens (including phenoxy) is 1. The Labute approximate surface area is 112 Å². The highest BCUT2D eigenvalue weighted by Gasteiger charge is 2.31. The zero-order valence-corrected chi connectivity index (χ0v) is 11.2. The van der Waals surface area contributed by atoms with Crippen molar-refractivity contribution in [1.82, 2.24) is 10.2 Å². The van der Waals surface area contributed by atoms with Crippen LogP contribution in [0.25, 0.3) is 0 Å². The molecule has 0 aromatic heterocycles. The van der Waals surface area contributed by atoms with Gasteiger partial charge in [-0.1, -0.05) is 12.1 Å². The average Bonchev–Trinajstić information content (AvgIpc) is 2.80. The van der Waals surface area contributed by atoms with Gasteiger partial charge < -0.3 is 15.0 Å². The van der Waals surface area contributed by atoms with E-state index in [2.05, 4.69) is 5.32 Å². The number of hydrogen-bond acceptors (Lipinski definition) is 3. The van der Waals surface area contributed by atoms with Gasteiger partial charge in [0.15, 0.2) is 0 Å². The van der Waals surface area contributed by atoms with Crippen LogP contribution >= 0.6 is 0 Å². The molecular weight excluding hydrogens is 244 g/mol. The van der Waals surface area contributed by atoms with E-state index < -0.39 is 0 Å². The minimum absolute atomic E-state index is 0.0319. The molecule has 1 unspecified atom stereocenters. The fraction of sp³-hybridized carbons (Fsp3) is 0.429. The van der Waals surface area contributed by atoms with Crippen LogP contribution in [0.1, 0.15) is 17.9 Å². The number of amides is 2. The fourth-order valence-electron chi connectivity index (χ4n) is 2.28. The number of benzene rings is 1. The molecule has 0 aliphatic carbocycles. The van der Waals surface area contributed by atoms with Gasteiger partial charge in [0.05, 0.1) is 13.7 Å². The maximum absolute atomic E-state index is 11.9. The topological polar surface area (TPSA) is 58.6 Å². The number of nitrogens with zero attached hydrogens (tertiary/aromatic N) is 1. The molecule has 0 spiro atoms. The highest BCUT2D eigenvalue weighted by Crippen LogP contribution is 2.29. The molecule has 1 heterocycles. The summed E-state index contributed by atoms with van der Waals surface area (Å²) >= 11 is 0. The molecule has 1 aromatic carbocycles. The van der Waals surface area contributed by atoms with Crippen LogP contribution in [0.5, 0.6) is 5.75 Å². The molecule has 102 valence electrons. The van der Waals surface area contributed by atoms with Crippen molar-refractivity contribution in [3.8, 4) is 5.75 Å². The predicted molar refractivity (Wildman–Crippen MR) is 71.0 cm³/mol. The first-order chi connectivity index (χ1) is 9.13. The number of nitrogens with one attached hydrogen (secondary N) is 1. The highest BCUT2D eigenvalue weighted by atomic mass is 16.5. The van der Waals surface area contributed by atoms with E-state index in [0.717, 1.165) is 11.3 Å². The van der Waals surface area contributed by atoms with Gasteiger partial charge in [0, 0.05) is 25.9 Å². The van der Waals surface area contributed by atoms with Crippen molar-refractivity contribution >= 4 is 11.8 Å². The Morgan fingerprint density at radius 3 is 2.68 bits per heavy atom. The van der Waals surface area contributed by atoms with Gasteiger partial charge in [-0.05, 0) is 17.7 Å². The lowest BCUT2D eigenvalue weighted by Crippen LogP contribution is -2.36. The SMILES string of the molecule is CNC(=O)CN1CC(c2ccc(OC)cc2)CC1=O. The van der Waals surface area contributed by atoms with Gasteiger partial charge in [0.25, 0.3) is 0 Å². The maximum Gasteiger partial charge on any atom is 0.239 e. The molecule has 0 saturated carbocycles. The summed E-state index contributed by atoms with van der Waals surface area (Å²) in [7, 11) is 3.20. The van der Waals surface area contributed by atoms with Crippen LogP contribution in [0.2, 0.25) is 0 Å². The van der Waals surface area contributed by atoms with E-state index in [4.69, 9.17) is 4.74 Å². The summed E-state index contributed by atoms with van der Waals surface area (Å²) in [5, 5.41) is 2.53. The number of carbonyl (C=O) groups excluding carboxylic acids is 2. The first-order valence-corrected chi connectivity index (χ1v) is 6.26. The predicted octanol–water partition coefficient (Wildman–Crippen LogP) is 0.757. The Balaban J connectivity index is 2.03. The molecule has 2 rings (SSSR count). The minimum Gasteiger partial charge on any atom is -0.497 e. The molecule has 1 N–H and O–H groups in total. The van der Waals surface area contributed by atoms with Crippen LogP contribution in [0, 0.1) is 0 Å². The third kappa shape index (κ3) is 3.05. The number of hydrogen-bond donors (Lipinski definition) is 1. The number of methoxy groups -OCH3 is 1. The molecule has 5 heteroatoms. The Hall–Kier alpha value is -2.04. The van der Waals surface area contributed by atoms with Gasteiger partial charge in [0.2, 0.25) is 11.8 Å². The molecule has 19 heavy (non-hydrogen) atoms. The molecule has 0 bridgehead atoms. The summed E-state index contributed by atoms with van der Waals surface area (Å²) in [4.78, 5) is 24.8. The van der Waals surface area contributed by atoms with Crippen molar-refractivity contribution < 1.29 is 14.3 Å². The van der Waals surface area contributed by atoms with Crippen molar-refractivity contribution in [2.45, 2.75) is 12.3 Å². The fourth-order valence-corrected chi connectivity index (χ4v) is 2.28. The standard InChI is InChI=1S/C14H18N2O3/c1-15-13(17)9-16-8-11(7-14(16)18)10-3-5-12(19-2)6-4-10/h3-6,11H,7-9H2,1-2H3,(H,15,17). The molecule has 1 saturated heterocycles. The summed E-state index contributed by atoms with van der Waals surface area (Å²) in [5.41, 5.74) is 1.11. The zero-order valence-electron chi connectivity index (χ0n) is 11.2. The molecule has 1 aromatic rings. The van der Waals surface area contributed by atoms with Crippen LogP contribution in [0.15, 0.2) is 24.3 Å². The van der Waals surface area contributed by atoms with E-state index in [1.165, 1.54) is 0 Å². The average molecular weight is 262 g/mol. The van der Waals surface area contributed by atoms with Gasteiger partial charge in [0.1, 0.15) is 5.75 Å². The second-order valence-corrected chi connectivity index (χ2v) is 4.62. The van der Waals surface area contributed by atoms with E-state index in [1.807, 2.05) is 24.3 Å².